The number of hydrogen-bond acceptors (Lipinski definition) is 1. The van der Waals surface area contributed by atoms with Gasteiger partial charge in [0.15, 0.2) is 0 Å². The summed E-state index contributed by atoms with van der Waals surface area (Å²) >= 11 is 5.42. The van der Waals surface area contributed by atoms with Gasteiger partial charge in [0.25, 0.3) is 6.43 Å². The minimum atomic E-state index is -2.54. The van der Waals surface area contributed by atoms with Crippen molar-refractivity contribution >= 4 is 11.6 Å². The number of nitrogens with zero attached hydrogens (tertiary/aromatic N) is 2. The fourth-order valence-electron chi connectivity index (χ4n) is 0.586. The summed E-state index contributed by atoms with van der Waals surface area (Å²) in [6, 6.07) is 0. The van der Waals surface area contributed by atoms with Crippen molar-refractivity contribution in [2.45, 2.75) is 6.43 Å². The summed E-state index contributed by atoms with van der Waals surface area (Å²) in [6.07, 6.45) is -1.48. The van der Waals surface area contributed by atoms with E-state index in [2.05, 4.69) is 5.10 Å². The maximum atomic E-state index is 11.9. The number of rotatable bonds is 1. The van der Waals surface area contributed by atoms with Gasteiger partial charge in [0.1, 0.15) is 5.15 Å². The molecule has 0 fully saturated rings. The molecule has 0 aliphatic rings. The van der Waals surface area contributed by atoms with Gasteiger partial charge in [-0.1, -0.05) is 11.6 Å². The molecule has 0 aliphatic heterocycles. The molecule has 0 N–H and O–H groups in total. The summed E-state index contributed by atoms with van der Waals surface area (Å²) in [5, 5.41) is 3.54. The molecule has 0 unspecified atom stereocenters. The fraction of sp³-hybridized carbons (Fsp3) is 0.400. The zero-order chi connectivity index (χ0) is 7.72. The molecule has 0 bridgehead atoms. The van der Waals surface area contributed by atoms with E-state index in [1.807, 2.05) is 0 Å². The Bertz CT molecular complexity index is 234. The Morgan fingerprint density at radius 1 is 1.70 bits per heavy atom. The van der Waals surface area contributed by atoms with Crippen LogP contribution in [0.25, 0.3) is 0 Å². The molecule has 1 aromatic heterocycles. The molecule has 1 aromatic rings. The fourth-order valence-corrected chi connectivity index (χ4v) is 0.761. The highest BCUT2D eigenvalue weighted by molar-refractivity contribution is 6.30. The lowest BCUT2D eigenvalue weighted by Crippen LogP contribution is -1.89. The molecule has 0 spiro atoms. The molecule has 1 rings (SSSR count). The molecule has 0 aromatic carbocycles. The average molecular weight is 167 g/mol. The maximum absolute atomic E-state index is 11.9. The summed E-state index contributed by atoms with van der Waals surface area (Å²) in [5.41, 5.74) is -0.218. The van der Waals surface area contributed by atoms with Gasteiger partial charge in [-0.3, -0.25) is 4.68 Å². The van der Waals surface area contributed by atoms with Gasteiger partial charge in [-0.15, -0.1) is 0 Å². The molecule has 0 radical (unpaired) electrons. The molecule has 0 atom stereocenters. The highest BCUT2D eigenvalue weighted by atomic mass is 35.5. The Morgan fingerprint density at radius 2 is 2.30 bits per heavy atom. The summed E-state index contributed by atoms with van der Waals surface area (Å²) in [7, 11) is 1.51. The predicted molar refractivity (Wildman–Crippen MR) is 33.2 cm³/mol. The summed E-state index contributed by atoms with van der Waals surface area (Å²) in [4.78, 5) is 0. The number of aromatic nitrogens is 2. The Morgan fingerprint density at radius 3 is 2.50 bits per heavy atom. The Labute approximate surface area is 61.4 Å². The van der Waals surface area contributed by atoms with E-state index in [-0.39, 0.29) is 10.7 Å². The van der Waals surface area contributed by atoms with Crippen LogP contribution in [0.15, 0.2) is 6.20 Å². The molecule has 56 valence electrons. The molecule has 0 amide bonds. The average Bonchev–Trinajstić information content (AvgIpc) is 2.14. The molecule has 0 aliphatic carbocycles. The molecule has 0 saturated heterocycles. The van der Waals surface area contributed by atoms with Gasteiger partial charge in [0.05, 0.1) is 11.8 Å². The second-order valence-electron chi connectivity index (χ2n) is 1.82. The molecular weight excluding hydrogens is 162 g/mol. The van der Waals surface area contributed by atoms with Crippen molar-refractivity contribution in [2.24, 2.45) is 7.05 Å². The first-order valence-electron chi connectivity index (χ1n) is 2.58. The van der Waals surface area contributed by atoms with E-state index >= 15 is 0 Å². The van der Waals surface area contributed by atoms with Crippen LogP contribution in [0.2, 0.25) is 5.15 Å². The van der Waals surface area contributed by atoms with Crippen molar-refractivity contribution in [2.75, 3.05) is 0 Å². The smallest absolute Gasteiger partial charge is 0.257 e. The SMILES string of the molecule is Cn1ncc(C(F)F)c1Cl. The van der Waals surface area contributed by atoms with Gasteiger partial charge >= 0.3 is 0 Å². The van der Waals surface area contributed by atoms with E-state index in [0.717, 1.165) is 6.20 Å². The Balaban J connectivity index is 3.05. The van der Waals surface area contributed by atoms with Crippen molar-refractivity contribution < 1.29 is 8.78 Å². The van der Waals surface area contributed by atoms with Crippen LogP contribution < -0.4 is 0 Å². The summed E-state index contributed by atoms with van der Waals surface area (Å²) < 4.78 is 25.0. The zero-order valence-electron chi connectivity index (χ0n) is 5.18. The first-order valence-corrected chi connectivity index (χ1v) is 2.96. The van der Waals surface area contributed by atoms with Gasteiger partial charge in [-0.2, -0.15) is 5.10 Å². The zero-order valence-corrected chi connectivity index (χ0v) is 5.94. The second kappa shape index (κ2) is 2.54. The highest BCUT2D eigenvalue weighted by Gasteiger charge is 2.14. The van der Waals surface area contributed by atoms with Gasteiger partial charge in [-0.25, -0.2) is 8.78 Å². The van der Waals surface area contributed by atoms with Crippen LogP contribution in [0.5, 0.6) is 0 Å². The first kappa shape index (κ1) is 7.47. The van der Waals surface area contributed by atoms with Crippen LogP contribution >= 0.6 is 11.6 Å². The van der Waals surface area contributed by atoms with Crippen molar-refractivity contribution in [3.8, 4) is 0 Å². The van der Waals surface area contributed by atoms with Crippen molar-refractivity contribution in [1.82, 2.24) is 9.78 Å². The van der Waals surface area contributed by atoms with E-state index in [4.69, 9.17) is 11.6 Å². The van der Waals surface area contributed by atoms with E-state index < -0.39 is 6.43 Å². The Kier molecular flexibility index (Phi) is 1.89. The standard InChI is InChI=1S/C5H5ClF2N2/c1-10-4(6)3(2-9-10)5(7)8/h2,5H,1H3. The van der Waals surface area contributed by atoms with E-state index in [1.54, 1.807) is 0 Å². The number of aryl methyl sites for hydroxylation is 1. The monoisotopic (exact) mass is 166 g/mol. The van der Waals surface area contributed by atoms with Crippen LogP contribution in [0.1, 0.15) is 12.0 Å². The minimum Gasteiger partial charge on any atom is -0.257 e. The molecule has 1 heterocycles. The third-order valence-corrected chi connectivity index (χ3v) is 1.59. The lowest BCUT2D eigenvalue weighted by molar-refractivity contribution is 0.151. The van der Waals surface area contributed by atoms with E-state index in [0.29, 0.717) is 0 Å². The third kappa shape index (κ3) is 1.11. The number of hydrogen-bond donors (Lipinski definition) is 0. The highest BCUT2D eigenvalue weighted by Crippen LogP contribution is 2.25. The second-order valence-corrected chi connectivity index (χ2v) is 2.17. The predicted octanol–water partition coefficient (Wildman–Crippen LogP) is 2.01. The van der Waals surface area contributed by atoms with Crippen LogP contribution in [0.3, 0.4) is 0 Å². The van der Waals surface area contributed by atoms with Gasteiger partial charge in [0, 0.05) is 7.05 Å². The molecular formula is C5H5ClF2N2. The first-order chi connectivity index (χ1) is 4.63. The number of alkyl halides is 2. The van der Waals surface area contributed by atoms with Crippen LogP contribution in [0.4, 0.5) is 8.78 Å². The van der Waals surface area contributed by atoms with Crippen molar-refractivity contribution in [1.29, 1.82) is 0 Å². The minimum absolute atomic E-state index is 0.00463. The topological polar surface area (TPSA) is 17.8 Å². The van der Waals surface area contributed by atoms with Crippen molar-refractivity contribution in [3.05, 3.63) is 16.9 Å². The molecule has 0 saturated carbocycles. The van der Waals surface area contributed by atoms with Crippen LogP contribution in [0, 0.1) is 0 Å². The lowest BCUT2D eigenvalue weighted by atomic mass is 10.4. The third-order valence-electron chi connectivity index (χ3n) is 1.13. The molecule has 5 heteroatoms. The maximum Gasteiger partial charge on any atom is 0.268 e. The van der Waals surface area contributed by atoms with Crippen LogP contribution in [-0.2, 0) is 7.05 Å². The van der Waals surface area contributed by atoms with E-state index in [1.165, 1.54) is 11.7 Å². The van der Waals surface area contributed by atoms with Crippen LogP contribution in [-0.4, -0.2) is 9.78 Å². The Hall–Kier alpha value is -0.640. The lowest BCUT2D eigenvalue weighted by Gasteiger charge is -1.94. The largest absolute Gasteiger partial charge is 0.268 e. The normalized spacial score (nSPS) is 10.9. The van der Waals surface area contributed by atoms with Gasteiger partial charge in [-0.05, 0) is 0 Å². The van der Waals surface area contributed by atoms with Gasteiger partial charge in [0.2, 0.25) is 0 Å². The van der Waals surface area contributed by atoms with E-state index in [9.17, 15) is 8.78 Å². The van der Waals surface area contributed by atoms with Gasteiger partial charge < -0.3 is 0 Å². The summed E-state index contributed by atoms with van der Waals surface area (Å²) in [5.74, 6) is 0. The number of halogens is 3. The quantitative estimate of drug-likeness (QED) is 0.624. The summed E-state index contributed by atoms with van der Waals surface area (Å²) in [6.45, 7) is 0. The molecule has 10 heavy (non-hydrogen) atoms. The van der Waals surface area contributed by atoms with Crippen molar-refractivity contribution in [3.63, 3.8) is 0 Å². The molecule has 2 nitrogen and oxygen atoms in total.